The lowest BCUT2D eigenvalue weighted by molar-refractivity contribution is -0.123. The molecule has 0 aliphatic rings. The van der Waals surface area contributed by atoms with Crippen LogP contribution in [-0.2, 0) is 22.4 Å². The molecule has 2 N–H and O–H groups in total. The minimum atomic E-state index is -0.376. The highest BCUT2D eigenvalue weighted by atomic mass is 16.5. The Balaban J connectivity index is 2.07. The van der Waals surface area contributed by atoms with Gasteiger partial charge in [0.2, 0.25) is 11.8 Å². The molecule has 2 rings (SSSR count). The number of nitrogens with one attached hydrogen (secondary N) is 2. The molecule has 138 valence electrons. The highest BCUT2D eigenvalue weighted by Gasteiger charge is 2.15. The molecule has 0 unspecified atom stereocenters. The summed E-state index contributed by atoms with van der Waals surface area (Å²) in [6.07, 6.45) is 1.38. The molecule has 5 nitrogen and oxygen atoms in total. The fraction of sp³-hybridized carbons (Fsp3) is 0.333. The van der Waals surface area contributed by atoms with Crippen LogP contribution in [0.15, 0.2) is 36.4 Å². The zero-order chi connectivity index (χ0) is 19.1. The quantitative estimate of drug-likeness (QED) is 0.736. The number of carbonyl (C=O) groups is 2. The molecule has 0 spiro atoms. The number of hydrogen-bond acceptors (Lipinski definition) is 3. The molecule has 0 bridgehead atoms. The molecule has 0 saturated heterocycles. The van der Waals surface area contributed by atoms with E-state index in [1.54, 1.807) is 13.2 Å². The summed E-state index contributed by atoms with van der Waals surface area (Å²) in [7, 11) is 1.54. The number of para-hydroxylation sites is 1. The highest BCUT2D eigenvalue weighted by molar-refractivity contribution is 6.08. The molecule has 0 heterocycles. The normalized spacial score (nSPS) is 10.3. The van der Waals surface area contributed by atoms with Gasteiger partial charge in [0.15, 0.2) is 0 Å². The maximum Gasteiger partial charge on any atom is 0.233 e. The number of amides is 2. The number of aryl methyl sites for hydroxylation is 3. The van der Waals surface area contributed by atoms with E-state index in [0.717, 1.165) is 35.2 Å². The van der Waals surface area contributed by atoms with Gasteiger partial charge in [-0.15, -0.1) is 0 Å². The van der Waals surface area contributed by atoms with E-state index in [1.807, 2.05) is 51.1 Å². The maximum absolute atomic E-state index is 12.4. The predicted octanol–water partition coefficient (Wildman–Crippen LogP) is 4.10. The van der Waals surface area contributed by atoms with Crippen LogP contribution in [0.1, 0.15) is 37.0 Å². The number of methoxy groups -OCH3 is 1. The van der Waals surface area contributed by atoms with E-state index < -0.39 is 0 Å². The summed E-state index contributed by atoms with van der Waals surface area (Å²) in [6, 6.07) is 11.5. The van der Waals surface area contributed by atoms with Crippen molar-refractivity contribution < 1.29 is 14.3 Å². The predicted molar refractivity (Wildman–Crippen MR) is 105 cm³/mol. The molecule has 0 radical (unpaired) electrons. The molecule has 0 aliphatic heterocycles. The third kappa shape index (κ3) is 4.85. The maximum atomic E-state index is 12.4. The van der Waals surface area contributed by atoms with Crippen LogP contribution in [0.5, 0.6) is 5.75 Å². The molecule has 0 atom stereocenters. The van der Waals surface area contributed by atoms with E-state index in [2.05, 4.69) is 10.6 Å². The van der Waals surface area contributed by atoms with Crippen molar-refractivity contribution >= 4 is 23.2 Å². The summed E-state index contributed by atoms with van der Waals surface area (Å²) in [5, 5.41) is 5.66. The van der Waals surface area contributed by atoms with E-state index >= 15 is 0 Å². The molecule has 2 aromatic carbocycles. The molecule has 0 aromatic heterocycles. The Morgan fingerprint density at radius 1 is 0.962 bits per heavy atom. The molecule has 0 saturated carbocycles. The number of anilines is 2. The van der Waals surface area contributed by atoms with Gasteiger partial charge in [-0.05, 0) is 48.6 Å². The molecule has 0 fully saturated rings. The minimum Gasteiger partial charge on any atom is -0.495 e. The molecule has 0 aliphatic carbocycles. The smallest absolute Gasteiger partial charge is 0.233 e. The van der Waals surface area contributed by atoms with Gasteiger partial charge >= 0.3 is 0 Å². The Morgan fingerprint density at radius 3 is 2.15 bits per heavy atom. The first-order chi connectivity index (χ1) is 12.5. The second-order valence-corrected chi connectivity index (χ2v) is 6.14. The van der Waals surface area contributed by atoms with Gasteiger partial charge in [0.1, 0.15) is 12.2 Å². The summed E-state index contributed by atoms with van der Waals surface area (Å²) in [4.78, 5) is 24.6. The van der Waals surface area contributed by atoms with Crippen molar-refractivity contribution in [1.29, 1.82) is 0 Å². The average molecular weight is 354 g/mol. The lowest BCUT2D eigenvalue weighted by atomic mass is 10.0. The lowest BCUT2D eigenvalue weighted by Gasteiger charge is -2.15. The summed E-state index contributed by atoms with van der Waals surface area (Å²) in [6.45, 7) is 6.01. The van der Waals surface area contributed by atoms with Crippen molar-refractivity contribution in [2.75, 3.05) is 17.7 Å². The van der Waals surface area contributed by atoms with Crippen LogP contribution >= 0.6 is 0 Å². The van der Waals surface area contributed by atoms with E-state index in [0.29, 0.717) is 11.4 Å². The fourth-order valence-electron chi connectivity index (χ4n) is 2.85. The van der Waals surface area contributed by atoms with E-state index in [1.165, 1.54) is 0 Å². The lowest BCUT2D eigenvalue weighted by Crippen LogP contribution is -2.22. The molecular formula is C21H26N2O3. The topological polar surface area (TPSA) is 67.4 Å². The van der Waals surface area contributed by atoms with Gasteiger partial charge in [-0.25, -0.2) is 0 Å². The largest absolute Gasteiger partial charge is 0.495 e. The van der Waals surface area contributed by atoms with Crippen LogP contribution < -0.4 is 15.4 Å². The summed E-state index contributed by atoms with van der Waals surface area (Å²) in [5.74, 6) is -0.142. The fourth-order valence-corrected chi connectivity index (χ4v) is 2.85. The van der Waals surface area contributed by atoms with Gasteiger partial charge in [0.25, 0.3) is 0 Å². The van der Waals surface area contributed by atoms with Crippen molar-refractivity contribution in [3.63, 3.8) is 0 Å². The molecule has 2 amide bonds. The first kappa shape index (κ1) is 19.5. The van der Waals surface area contributed by atoms with Crippen LogP contribution in [0, 0.1) is 6.92 Å². The molecular weight excluding hydrogens is 328 g/mol. The van der Waals surface area contributed by atoms with Gasteiger partial charge < -0.3 is 15.4 Å². The van der Waals surface area contributed by atoms with Crippen LogP contribution in [0.2, 0.25) is 0 Å². The summed E-state index contributed by atoms with van der Waals surface area (Å²) in [5.41, 5.74) is 4.52. The number of hydrogen-bond donors (Lipinski definition) is 2. The molecule has 5 heteroatoms. The van der Waals surface area contributed by atoms with Gasteiger partial charge in [0.05, 0.1) is 12.8 Å². The molecule has 26 heavy (non-hydrogen) atoms. The first-order valence-corrected chi connectivity index (χ1v) is 8.83. The average Bonchev–Trinajstić information content (AvgIpc) is 2.61. The number of rotatable bonds is 7. The Labute approximate surface area is 154 Å². The Hall–Kier alpha value is -2.82. The van der Waals surface area contributed by atoms with Crippen molar-refractivity contribution in [3.05, 3.63) is 53.1 Å². The molecule has 2 aromatic rings. The Kier molecular flexibility index (Phi) is 6.78. The highest BCUT2D eigenvalue weighted by Crippen LogP contribution is 2.26. The van der Waals surface area contributed by atoms with E-state index in [-0.39, 0.29) is 18.2 Å². The van der Waals surface area contributed by atoms with Gasteiger partial charge in [-0.1, -0.05) is 38.1 Å². The zero-order valence-electron chi connectivity index (χ0n) is 15.8. The second kappa shape index (κ2) is 9.04. The first-order valence-electron chi connectivity index (χ1n) is 8.83. The monoisotopic (exact) mass is 354 g/mol. The SMILES string of the molecule is CCc1cccc(CC)c1NC(=O)CC(=O)Nc1cc(C)ccc1OC. The zero-order valence-corrected chi connectivity index (χ0v) is 15.8. The van der Waals surface area contributed by atoms with Gasteiger partial charge in [-0.2, -0.15) is 0 Å². The van der Waals surface area contributed by atoms with Gasteiger partial charge in [0, 0.05) is 5.69 Å². The number of carbonyl (C=O) groups excluding carboxylic acids is 2. The Morgan fingerprint density at radius 2 is 1.58 bits per heavy atom. The van der Waals surface area contributed by atoms with Gasteiger partial charge in [-0.3, -0.25) is 9.59 Å². The number of ether oxygens (including phenoxy) is 1. The van der Waals surface area contributed by atoms with Crippen LogP contribution in [0.4, 0.5) is 11.4 Å². The van der Waals surface area contributed by atoms with Crippen LogP contribution in [0.3, 0.4) is 0 Å². The van der Waals surface area contributed by atoms with E-state index in [9.17, 15) is 9.59 Å². The third-order valence-corrected chi connectivity index (χ3v) is 4.21. The second-order valence-electron chi connectivity index (χ2n) is 6.14. The third-order valence-electron chi connectivity index (χ3n) is 4.21. The van der Waals surface area contributed by atoms with E-state index in [4.69, 9.17) is 4.74 Å². The van der Waals surface area contributed by atoms with Crippen LogP contribution in [-0.4, -0.2) is 18.9 Å². The van der Waals surface area contributed by atoms with Crippen molar-refractivity contribution in [2.45, 2.75) is 40.0 Å². The van der Waals surface area contributed by atoms with Crippen molar-refractivity contribution in [1.82, 2.24) is 0 Å². The minimum absolute atomic E-state index is 0.252. The Bertz CT molecular complexity index is 778. The van der Waals surface area contributed by atoms with Crippen LogP contribution in [0.25, 0.3) is 0 Å². The summed E-state index contributed by atoms with van der Waals surface area (Å²) >= 11 is 0. The van der Waals surface area contributed by atoms with Crippen molar-refractivity contribution in [3.8, 4) is 5.75 Å². The number of benzene rings is 2. The standard InChI is InChI=1S/C21H26N2O3/c1-5-15-8-7-9-16(6-2)21(15)23-20(25)13-19(24)22-17-12-14(3)10-11-18(17)26-4/h7-12H,5-6,13H2,1-4H3,(H,22,24)(H,23,25). The van der Waals surface area contributed by atoms with Crippen molar-refractivity contribution in [2.24, 2.45) is 0 Å². The summed E-state index contributed by atoms with van der Waals surface area (Å²) < 4.78 is 5.25.